The van der Waals surface area contributed by atoms with Gasteiger partial charge in [-0.2, -0.15) is 10.2 Å². The lowest BCUT2D eigenvalue weighted by Crippen LogP contribution is -2.33. The van der Waals surface area contributed by atoms with E-state index < -0.39 is 0 Å². The molecule has 2 aromatic rings. The zero-order chi connectivity index (χ0) is 13.1. The molecular weight excluding hydrogens is 238 g/mol. The molecular formula is C14H21N5. The number of nitrogens with zero attached hydrogens (tertiary/aromatic N) is 4. The summed E-state index contributed by atoms with van der Waals surface area (Å²) >= 11 is 0. The first kappa shape index (κ1) is 12.4. The van der Waals surface area contributed by atoms with E-state index >= 15 is 0 Å². The van der Waals surface area contributed by atoms with Crippen LogP contribution in [0.3, 0.4) is 0 Å². The fraction of sp³-hybridized carbons (Fsp3) is 0.571. The second kappa shape index (κ2) is 5.57. The Labute approximate surface area is 113 Å². The maximum Gasteiger partial charge on any atom is 0.0534 e. The Morgan fingerprint density at radius 3 is 3.16 bits per heavy atom. The summed E-state index contributed by atoms with van der Waals surface area (Å²) in [5.41, 5.74) is 2.58. The third kappa shape index (κ3) is 2.87. The van der Waals surface area contributed by atoms with Crippen LogP contribution in [0.25, 0.3) is 0 Å². The Kier molecular flexibility index (Phi) is 3.64. The average molecular weight is 259 g/mol. The molecule has 102 valence electrons. The number of nitrogens with one attached hydrogen (secondary N) is 1. The van der Waals surface area contributed by atoms with Gasteiger partial charge >= 0.3 is 0 Å². The first-order valence-electron chi connectivity index (χ1n) is 7.08. The third-order valence-electron chi connectivity index (χ3n) is 3.88. The van der Waals surface area contributed by atoms with Crippen molar-refractivity contribution < 1.29 is 0 Å². The predicted octanol–water partition coefficient (Wildman–Crippen LogP) is 2.01. The molecule has 1 aliphatic heterocycles. The fourth-order valence-corrected chi connectivity index (χ4v) is 2.87. The minimum absolute atomic E-state index is 0.595. The maximum atomic E-state index is 4.34. The molecule has 3 heterocycles. The lowest BCUT2D eigenvalue weighted by atomic mass is 9.95. The van der Waals surface area contributed by atoms with E-state index in [4.69, 9.17) is 0 Å². The Bertz CT molecular complexity index is 502. The molecule has 0 spiro atoms. The van der Waals surface area contributed by atoms with Gasteiger partial charge in [-0.25, -0.2) is 0 Å². The highest BCUT2D eigenvalue weighted by atomic mass is 15.3. The van der Waals surface area contributed by atoms with Crippen LogP contribution in [-0.4, -0.2) is 38.0 Å². The number of aromatic amines is 1. The maximum absolute atomic E-state index is 4.34. The largest absolute Gasteiger partial charge is 0.298 e. The smallest absolute Gasteiger partial charge is 0.0534 e. The van der Waals surface area contributed by atoms with Gasteiger partial charge in [-0.1, -0.05) is 0 Å². The zero-order valence-corrected chi connectivity index (χ0v) is 11.4. The summed E-state index contributed by atoms with van der Waals surface area (Å²) in [4.78, 5) is 2.52. The number of likely N-dealkylation sites (tertiary alicyclic amines) is 1. The summed E-state index contributed by atoms with van der Waals surface area (Å²) in [5, 5.41) is 11.5. The lowest BCUT2D eigenvalue weighted by Gasteiger charge is -2.31. The van der Waals surface area contributed by atoms with Crippen LogP contribution in [0.15, 0.2) is 24.7 Å². The van der Waals surface area contributed by atoms with Crippen LogP contribution in [0, 0.1) is 0 Å². The van der Waals surface area contributed by atoms with E-state index in [9.17, 15) is 0 Å². The van der Waals surface area contributed by atoms with E-state index in [2.05, 4.69) is 39.4 Å². The molecule has 0 aliphatic carbocycles. The van der Waals surface area contributed by atoms with Gasteiger partial charge in [0.15, 0.2) is 0 Å². The van der Waals surface area contributed by atoms with Gasteiger partial charge < -0.3 is 0 Å². The zero-order valence-electron chi connectivity index (χ0n) is 11.4. The molecule has 0 amide bonds. The molecule has 1 aliphatic rings. The van der Waals surface area contributed by atoms with Crippen LogP contribution < -0.4 is 0 Å². The summed E-state index contributed by atoms with van der Waals surface area (Å²) in [6.45, 7) is 6.36. The number of hydrogen-bond acceptors (Lipinski definition) is 3. The van der Waals surface area contributed by atoms with Crippen LogP contribution in [0.5, 0.6) is 0 Å². The number of aryl methyl sites for hydroxylation is 1. The van der Waals surface area contributed by atoms with Gasteiger partial charge in [0.05, 0.1) is 6.20 Å². The lowest BCUT2D eigenvalue weighted by molar-refractivity contribution is 0.198. The minimum Gasteiger partial charge on any atom is -0.298 e. The minimum atomic E-state index is 0.595. The molecule has 1 fully saturated rings. The van der Waals surface area contributed by atoms with Crippen molar-refractivity contribution in [2.75, 3.05) is 13.1 Å². The van der Waals surface area contributed by atoms with Crippen LogP contribution in [-0.2, 0) is 13.1 Å². The molecule has 1 unspecified atom stereocenters. The molecule has 0 radical (unpaired) electrons. The summed E-state index contributed by atoms with van der Waals surface area (Å²) in [6.07, 6.45) is 8.50. The van der Waals surface area contributed by atoms with Crippen LogP contribution in [0.2, 0.25) is 0 Å². The third-order valence-corrected chi connectivity index (χ3v) is 3.88. The molecule has 1 N–H and O–H groups in total. The van der Waals surface area contributed by atoms with Gasteiger partial charge in [-0.05, 0) is 32.4 Å². The Morgan fingerprint density at radius 1 is 1.47 bits per heavy atom. The van der Waals surface area contributed by atoms with Crippen LogP contribution in [0.1, 0.15) is 36.9 Å². The van der Waals surface area contributed by atoms with Crippen molar-refractivity contribution in [3.05, 3.63) is 35.9 Å². The summed E-state index contributed by atoms with van der Waals surface area (Å²) < 4.78 is 1.99. The average Bonchev–Trinajstić information content (AvgIpc) is 3.10. The highest BCUT2D eigenvalue weighted by Crippen LogP contribution is 2.26. The van der Waals surface area contributed by atoms with Gasteiger partial charge in [-0.3, -0.25) is 14.7 Å². The highest BCUT2D eigenvalue weighted by molar-refractivity contribution is 5.09. The molecule has 1 atom stereocenters. The summed E-state index contributed by atoms with van der Waals surface area (Å²) in [5.74, 6) is 0.595. The SMILES string of the molecule is CCn1cc(CN2CCCC(c3ccn[nH]3)C2)cn1. The van der Waals surface area contributed by atoms with Crippen molar-refractivity contribution in [1.82, 2.24) is 24.9 Å². The van der Waals surface area contributed by atoms with Crippen LogP contribution >= 0.6 is 0 Å². The number of aromatic nitrogens is 4. The molecule has 19 heavy (non-hydrogen) atoms. The number of piperidine rings is 1. The first-order valence-corrected chi connectivity index (χ1v) is 7.08. The molecule has 0 saturated carbocycles. The molecule has 5 heteroatoms. The fourth-order valence-electron chi connectivity index (χ4n) is 2.87. The van der Waals surface area contributed by atoms with Gasteiger partial charge in [0.25, 0.3) is 0 Å². The Morgan fingerprint density at radius 2 is 2.42 bits per heavy atom. The van der Waals surface area contributed by atoms with E-state index in [0.717, 1.165) is 19.6 Å². The van der Waals surface area contributed by atoms with Crippen molar-refractivity contribution in [3.8, 4) is 0 Å². The van der Waals surface area contributed by atoms with E-state index in [1.54, 1.807) is 0 Å². The van der Waals surface area contributed by atoms with Gasteiger partial charge in [0.2, 0.25) is 0 Å². The van der Waals surface area contributed by atoms with Gasteiger partial charge in [0.1, 0.15) is 0 Å². The second-order valence-electron chi connectivity index (χ2n) is 5.29. The van der Waals surface area contributed by atoms with Crippen molar-refractivity contribution in [2.45, 2.75) is 38.8 Å². The van der Waals surface area contributed by atoms with Crippen LogP contribution in [0.4, 0.5) is 0 Å². The Balaban J connectivity index is 1.62. The predicted molar refractivity (Wildman–Crippen MR) is 73.7 cm³/mol. The molecule has 0 bridgehead atoms. The summed E-state index contributed by atoms with van der Waals surface area (Å²) in [6, 6.07) is 2.10. The van der Waals surface area contributed by atoms with E-state index in [1.165, 1.54) is 30.6 Å². The highest BCUT2D eigenvalue weighted by Gasteiger charge is 2.22. The van der Waals surface area contributed by atoms with E-state index in [0.29, 0.717) is 5.92 Å². The van der Waals surface area contributed by atoms with Gasteiger partial charge in [-0.15, -0.1) is 0 Å². The molecule has 5 nitrogen and oxygen atoms in total. The van der Waals surface area contributed by atoms with E-state index in [-0.39, 0.29) is 0 Å². The number of rotatable bonds is 4. The number of hydrogen-bond donors (Lipinski definition) is 1. The van der Waals surface area contributed by atoms with E-state index in [1.807, 2.05) is 17.1 Å². The van der Waals surface area contributed by atoms with Crippen molar-refractivity contribution in [2.24, 2.45) is 0 Å². The topological polar surface area (TPSA) is 49.7 Å². The molecule has 1 saturated heterocycles. The quantitative estimate of drug-likeness (QED) is 0.913. The molecule has 3 rings (SSSR count). The summed E-state index contributed by atoms with van der Waals surface area (Å²) in [7, 11) is 0. The first-order chi connectivity index (χ1) is 9.35. The number of H-pyrrole nitrogens is 1. The normalized spacial score (nSPS) is 20.8. The van der Waals surface area contributed by atoms with Crippen molar-refractivity contribution >= 4 is 0 Å². The van der Waals surface area contributed by atoms with Crippen molar-refractivity contribution in [1.29, 1.82) is 0 Å². The van der Waals surface area contributed by atoms with Gasteiger partial charge in [0, 0.05) is 49.2 Å². The van der Waals surface area contributed by atoms with Crippen molar-refractivity contribution in [3.63, 3.8) is 0 Å². The standard InChI is InChI=1S/C14H21N5/c1-2-19-10-12(8-16-19)9-18-7-3-4-13(11-18)14-5-6-15-17-14/h5-6,8,10,13H,2-4,7,9,11H2,1H3,(H,15,17). The molecule has 2 aromatic heterocycles. The monoisotopic (exact) mass is 259 g/mol. The molecule has 0 aromatic carbocycles. The second-order valence-corrected chi connectivity index (χ2v) is 5.29. The Hall–Kier alpha value is -1.62.